The lowest BCUT2D eigenvalue weighted by Crippen LogP contribution is -2.55. The summed E-state index contributed by atoms with van der Waals surface area (Å²) in [6, 6.07) is 3.73. The average Bonchev–Trinajstić information content (AvgIpc) is 3.42. The number of piperidine rings is 1. The summed E-state index contributed by atoms with van der Waals surface area (Å²) in [4.78, 5) is 19.9. The second kappa shape index (κ2) is 8.30. The minimum atomic E-state index is -0.549. The van der Waals surface area contributed by atoms with E-state index >= 15 is 0 Å². The molecule has 0 atom stereocenters. The van der Waals surface area contributed by atoms with E-state index in [2.05, 4.69) is 15.2 Å². The molecule has 146 valence electrons. The molecular weight excluding hydrogens is 340 g/mol. The Bertz CT molecular complexity index is 697. The molecule has 1 aliphatic carbocycles. The number of rotatable bonds is 6. The Morgan fingerprint density at radius 2 is 2.07 bits per heavy atom. The molecule has 6 heteroatoms. The molecule has 6 nitrogen and oxygen atoms in total. The summed E-state index contributed by atoms with van der Waals surface area (Å²) in [5, 5.41) is 3.08. The van der Waals surface area contributed by atoms with E-state index in [1.165, 1.54) is 38.6 Å². The molecular formula is C21H30N4O2. The second-order valence-electron chi connectivity index (χ2n) is 8.07. The standard InChI is InChI=1S/C21H30N4O2/c26-20(23-15-19-7-4-14-27-19)21(25-13-10-22-17-25)8-11-24(12-9-21)16-18-5-2-1-3-6-18/h4,7,10,13-14,17-18H,1-3,5-6,8-9,11-12,15-16H2,(H,23,26). The Balaban J connectivity index is 1.40. The van der Waals surface area contributed by atoms with Crippen LogP contribution in [0.2, 0.25) is 0 Å². The van der Waals surface area contributed by atoms with Gasteiger partial charge in [0.25, 0.3) is 0 Å². The van der Waals surface area contributed by atoms with Crippen LogP contribution in [0.15, 0.2) is 41.5 Å². The van der Waals surface area contributed by atoms with E-state index < -0.39 is 5.54 Å². The number of hydrogen-bond donors (Lipinski definition) is 1. The van der Waals surface area contributed by atoms with E-state index in [-0.39, 0.29) is 5.91 Å². The van der Waals surface area contributed by atoms with Crippen molar-refractivity contribution < 1.29 is 9.21 Å². The van der Waals surface area contributed by atoms with Crippen LogP contribution in [0.4, 0.5) is 0 Å². The first-order valence-electron chi connectivity index (χ1n) is 10.3. The summed E-state index contributed by atoms with van der Waals surface area (Å²) in [6.07, 6.45) is 15.6. The lowest BCUT2D eigenvalue weighted by molar-refractivity contribution is -0.133. The zero-order valence-electron chi connectivity index (χ0n) is 16.0. The zero-order valence-corrected chi connectivity index (χ0v) is 16.0. The van der Waals surface area contributed by atoms with Gasteiger partial charge in [-0.15, -0.1) is 0 Å². The van der Waals surface area contributed by atoms with Gasteiger partial charge >= 0.3 is 0 Å². The molecule has 2 aromatic rings. The molecule has 2 aliphatic rings. The largest absolute Gasteiger partial charge is 0.467 e. The third kappa shape index (κ3) is 4.10. The van der Waals surface area contributed by atoms with E-state index in [1.54, 1.807) is 18.8 Å². The molecule has 1 saturated carbocycles. The number of amides is 1. The van der Waals surface area contributed by atoms with Crippen molar-refractivity contribution in [3.05, 3.63) is 42.9 Å². The normalized spacial score (nSPS) is 21.2. The highest BCUT2D eigenvalue weighted by molar-refractivity contribution is 5.84. The molecule has 0 unspecified atom stereocenters. The van der Waals surface area contributed by atoms with Gasteiger partial charge in [-0.05, 0) is 43.7 Å². The Morgan fingerprint density at radius 1 is 1.26 bits per heavy atom. The molecule has 1 amide bonds. The van der Waals surface area contributed by atoms with Crippen molar-refractivity contribution in [2.75, 3.05) is 19.6 Å². The summed E-state index contributed by atoms with van der Waals surface area (Å²) in [7, 11) is 0. The van der Waals surface area contributed by atoms with Crippen molar-refractivity contribution in [1.29, 1.82) is 0 Å². The molecule has 4 rings (SSSR count). The Kier molecular flexibility index (Phi) is 5.62. The van der Waals surface area contributed by atoms with Gasteiger partial charge < -0.3 is 19.2 Å². The van der Waals surface area contributed by atoms with Crippen molar-refractivity contribution in [1.82, 2.24) is 19.8 Å². The quantitative estimate of drug-likeness (QED) is 0.848. The maximum absolute atomic E-state index is 13.2. The molecule has 0 radical (unpaired) electrons. The number of nitrogens with zero attached hydrogens (tertiary/aromatic N) is 3. The van der Waals surface area contributed by atoms with Gasteiger partial charge in [0.2, 0.25) is 5.91 Å². The molecule has 2 aromatic heterocycles. The van der Waals surface area contributed by atoms with Crippen molar-refractivity contribution >= 4 is 5.91 Å². The van der Waals surface area contributed by atoms with Gasteiger partial charge in [-0.25, -0.2) is 4.98 Å². The molecule has 0 aromatic carbocycles. The van der Waals surface area contributed by atoms with Crippen molar-refractivity contribution in [2.24, 2.45) is 5.92 Å². The maximum atomic E-state index is 13.2. The fourth-order valence-corrected chi connectivity index (χ4v) is 4.70. The summed E-state index contributed by atoms with van der Waals surface area (Å²) in [6.45, 7) is 3.54. The molecule has 2 fully saturated rings. The smallest absolute Gasteiger partial charge is 0.246 e. The molecule has 1 aliphatic heterocycles. The summed E-state index contributed by atoms with van der Waals surface area (Å²) >= 11 is 0. The predicted molar refractivity (Wildman–Crippen MR) is 103 cm³/mol. The van der Waals surface area contributed by atoms with Crippen LogP contribution in [0.25, 0.3) is 0 Å². The maximum Gasteiger partial charge on any atom is 0.246 e. The van der Waals surface area contributed by atoms with E-state index in [1.807, 2.05) is 22.9 Å². The topological polar surface area (TPSA) is 63.3 Å². The Hall–Kier alpha value is -2.08. The predicted octanol–water partition coefficient (Wildman–Crippen LogP) is 3.16. The summed E-state index contributed by atoms with van der Waals surface area (Å²) in [5.41, 5.74) is -0.549. The van der Waals surface area contributed by atoms with E-state index in [4.69, 9.17) is 4.42 Å². The Morgan fingerprint density at radius 3 is 2.74 bits per heavy atom. The lowest BCUT2D eigenvalue weighted by Gasteiger charge is -2.42. The molecule has 0 spiro atoms. The number of imidazole rings is 1. The molecule has 1 N–H and O–H groups in total. The van der Waals surface area contributed by atoms with Crippen LogP contribution >= 0.6 is 0 Å². The highest BCUT2D eigenvalue weighted by Crippen LogP contribution is 2.32. The number of nitrogens with one attached hydrogen (secondary N) is 1. The third-order valence-corrected chi connectivity index (χ3v) is 6.35. The monoisotopic (exact) mass is 370 g/mol. The number of likely N-dealkylation sites (tertiary alicyclic amines) is 1. The van der Waals surface area contributed by atoms with Crippen LogP contribution in [0.3, 0.4) is 0 Å². The van der Waals surface area contributed by atoms with Crippen LogP contribution < -0.4 is 5.32 Å². The van der Waals surface area contributed by atoms with E-state index in [0.717, 1.165) is 37.6 Å². The van der Waals surface area contributed by atoms with Crippen molar-refractivity contribution in [3.63, 3.8) is 0 Å². The average molecular weight is 370 g/mol. The number of carbonyl (C=O) groups is 1. The molecule has 27 heavy (non-hydrogen) atoms. The number of aromatic nitrogens is 2. The van der Waals surface area contributed by atoms with Gasteiger partial charge in [-0.1, -0.05) is 19.3 Å². The van der Waals surface area contributed by atoms with E-state index in [9.17, 15) is 4.79 Å². The SMILES string of the molecule is O=C(NCc1ccco1)C1(n2ccnc2)CCN(CC2CCCCC2)CC1. The highest BCUT2D eigenvalue weighted by Gasteiger charge is 2.43. The highest BCUT2D eigenvalue weighted by atomic mass is 16.3. The van der Waals surface area contributed by atoms with Gasteiger partial charge in [-0.2, -0.15) is 0 Å². The zero-order chi connectivity index (χ0) is 18.5. The first-order valence-corrected chi connectivity index (χ1v) is 10.3. The Labute approximate surface area is 160 Å². The first kappa shape index (κ1) is 18.3. The van der Waals surface area contributed by atoms with Gasteiger partial charge in [0.05, 0.1) is 19.1 Å². The van der Waals surface area contributed by atoms with E-state index in [0.29, 0.717) is 6.54 Å². The number of furan rings is 1. The van der Waals surface area contributed by atoms with Crippen LogP contribution in [-0.2, 0) is 16.9 Å². The fraction of sp³-hybridized carbons (Fsp3) is 0.619. The van der Waals surface area contributed by atoms with Crippen molar-refractivity contribution in [2.45, 2.75) is 57.0 Å². The molecule has 3 heterocycles. The summed E-state index contributed by atoms with van der Waals surface area (Å²) < 4.78 is 7.36. The number of hydrogen-bond acceptors (Lipinski definition) is 4. The van der Waals surface area contributed by atoms with Gasteiger partial charge in [0.1, 0.15) is 11.3 Å². The van der Waals surface area contributed by atoms with Crippen LogP contribution in [-0.4, -0.2) is 40.0 Å². The lowest BCUT2D eigenvalue weighted by atomic mass is 9.84. The second-order valence-corrected chi connectivity index (χ2v) is 8.07. The molecule has 1 saturated heterocycles. The minimum absolute atomic E-state index is 0.0641. The minimum Gasteiger partial charge on any atom is -0.467 e. The van der Waals surface area contributed by atoms with Gasteiger partial charge in [0, 0.05) is 32.0 Å². The van der Waals surface area contributed by atoms with Crippen molar-refractivity contribution in [3.8, 4) is 0 Å². The van der Waals surface area contributed by atoms with Crippen LogP contribution in [0.5, 0.6) is 0 Å². The third-order valence-electron chi connectivity index (χ3n) is 6.35. The fourth-order valence-electron chi connectivity index (χ4n) is 4.70. The number of carbonyl (C=O) groups excluding carboxylic acids is 1. The van der Waals surface area contributed by atoms with Gasteiger partial charge in [-0.3, -0.25) is 4.79 Å². The van der Waals surface area contributed by atoms with Gasteiger partial charge in [0.15, 0.2) is 0 Å². The summed E-state index contributed by atoms with van der Waals surface area (Å²) in [5.74, 6) is 1.68. The first-order chi connectivity index (χ1) is 13.3. The van der Waals surface area contributed by atoms with Crippen LogP contribution in [0, 0.1) is 5.92 Å². The molecule has 0 bridgehead atoms. The van der Waals surface area contributed by atoms with Crippen LogP contribution in [0.1, 0.15) is 50.7 Å².